The number of carbonyl (C=O) groups excluding carboxylic acids is 1. The molecule has 0 aliphatic carbocycles. The molecular formula is C24H36N6O. The Labute approximate surface area is 186 Å². The van der Waals surface area contributed by atoms with Gasteiger partial charge in [0.2, 0.25) is 11.9 Å². The number of carbonyl (C=O) groups is 1. The van der Waals surface area contributed by atoms with Crippen LogP contribution in [-0.2, 0) is 10.2 Å². The van der Waals surface area contributed by atoms with Gasteiger partial charge in [-0.15, -0.1) is 0 Å². The molecule has 1 aromatic heterocycles. The number of allylic oxidation sites excluding steroid dienone is 2. The third-order valence-corrected chi connectivity index (χ3v) is 6.39. The van der Waals surface area contributed by atoms with Crippen LogP contribution in [0.25, 0.3) is 0 Å². The third kappa shape index (κ3) is 4.66. The van der Waals surface area contributed by atoms with Crippen molar-refractivity contribution in [3.8, 4) is 0 Å². The first-order valence-electron chi connectivity index (χ1n) is 11.2. The molecule has 7 nitrogen and oxygen atoms in total. The normalized spacial score (nSPS) is 18.7. The Bertz CT molecular complexity index is 878. The molecular weight excluding hydrogens is 388 g/mol. The van der Waals surface area contributed by atoms with E-state index in [1.807, 2.05) is 30.9 Å². The highest BCUT2D eigenvalue weighted by Gasteiger charge is 2.47. The van der Waals surface area contributed by atoms with Crippen molar-refractivity contribution < 1.29 is 4.79 Å². The van der Waals surface area contributed by atoms with E-state index in [-0.39, 0.29) is 11.9 Å². The fourth-order valence-electron chi connectivity index (χ4n) is 4.14. The lowest BCUT2D eigenvalue weighted by atomic mass is 9.88. The number of rotatable bonds is 8. The first kappa shape index (κ1) is 23.0. The average molecular weight is 425 g/mol. The van der Waals surface area contributed by atoms with Gasteiger partial charge in [0, 0.05) is 55.4 Å². The molecule has 0 aromatic carbocycles. The minimum absolute atomic E-state index is 0.0878. The summed E-state index contributed by atoms with van der Waals surface area (Å²) >= 11 is 0. The summed E-state index contributed by atoms with van der Waals surface area (Å²) in [6.07, 6.45) is 7.40. The van der Waals surface area contributed by atoms with Gasteiger partial charge in [-0.05, 0) is 45.9 Å². The molecule has 1 fully saturated rings. The molecule has 1 N–H and O–H groups in total. The summed E-state index contributed by atoms with van der Waals surface area (Å²) in [4.78, 5) is 28.7. The van der Waals surface area contributed by atoms with E-state index >= 15 is 0 Å². The summed E-state index contributed by atoms with van der Waals surface area (Å²) in [6, 6.07) is 0.130. The van der Waals surface area contributed by atoms with Crippen molar-refractivity contribution in [2.45, 2.75) is 52.0 Å². The van der Waals surface area contributed by atoms with Gasteiger partial charge in [-0.2, -0.15) is 4.98 Å². The molecule has 31 heavy (non-hydrogen) atoms. The lowest BCUT2D eigenvalue weighted by Gasteiger charge is -2.34. The number of likely N-dealkylation sites (N-methyl/N-ethyl adjacent to an activating group) is 1. The van der Waals surface area contributed by atoms with Gasteiger partial charge >= 0.3 is 0 Å². The Morgan fingerprint density at radius 1 is 1.19 bits per heavy atom. The molecule has 2 aliphatic rings. The van der Waals surface area contributed by atoms with Crippen molar-refractivity contribution in [1.82, 2.24) is 19.8 Å². The Morgan fingerprint density at radius 3 is 2.45 bits per heavy atom. The number of aromatic nitrogens is 2. The maximum atomic E-state index is 13.1. The molecule has 2 aliphatic heterocycles. The van der Waals surface area contributed by atoms with E-state index in [1.165, 1.54) is 0 Å². The third-order valence-electron chi connectivity index (χ3n) is 6.39. The number of hydrogen-bond donors (Lipinski definition) is 1. The van der Waals surface area contributed by atoms with Crippen LogP contribution in [0.5, 0.6) is 0 Å². The van der Waals surface area contributed by atoms with E-state index in [0.29, 0.717) is 17.5 Å². The van der Waals surface area contributed by atoms with Crippen molar-refractivity contribution in [1.29, 1.82) is 0 Å². The number of anilines is 2. The summed E-state index contributed by atoms with van der Waals surface area (Å²) in [7, 11) is 2.14. The van der Waals surface area contributed by atoms with Gasteiger partial charge in [0.1, 0.15) is 5.82 Å². The summed E-state index contributed by atoms with van der Waals surface area (Å²) in [6.45, 7) is 20.4. The van der Waals surface area contributed by atoms with E-state index in [1.54, 1.807) is 6.20 Å². The zero-order valence-electron chi connectivity index (χ0n) is 19.6. The van der Waals surface area contributed by atoms with E-state index in [9.17, 15) is 4.79 Å². The van der Waals surface area contributed by atoms with Crippen LogP contribution in [0.3, 0.4) is 0 Å². The number of hydrogen-bond acceptors (Lipinski definition) is 6. The molecule has 0 radical (unpaired) electrons. The van der Waals surface area contributed by atoms with Crippen molar-refractivity contribution >= 4 is 17.7 Å². The Hall–Kier alpha value is -2.67. The molecule has 0 saturated carbocycles. The zero-order valence-corrected chi connectivity index (χ0v) is 19.6. The van der Waals surface area contributed by atoms with Gasteiger partial charge in [-0.1, -0.05) is 27.0 Å². The maximum absolute atomic E-state index is 13.1. The van der Waals surface area contributed by atoms with Crippen molar-refractivity contribution in [2.75, 3.05) is 43.4 Å². The van der Waals surface area contributed by atoms with Crippen LogP contribution < -0.4 is 10.2 Å². The summed E-state index contributed by atoms with van der Waals surface area (Å²) < 4.78 is 0. The Balaban J connectivity index is 1.73. The molecule has 0 unspecified atom stereocenters. The molecule has 0 spiro atoms. The van der Waals surface area contributed by atoms with Gasteiger partial charge in [-0.3, -0.25) is 9.69 Å². The Kier molecular flexibility index (Phi) is 6.84. The van der Waals surface area contributed by atoms with Crippen LogP contribution in [0, 0.1) is 0 Å². The Morgan fingerprint density at radius 2 is 1.84 bits per heavy atom. The van der Waals surface area contributed by atoms with E-state index < -0.39 is 5.41 Å². The number of piperazine rings is 1. The van der Waals surface area contributed by atoms with Crippen LogP contribution in [0.4, 0.5) is 11.8 Å². The smallest absolute Gasteiger partial charge is 0.238 e. The summed E-state index contributed by atoms with van der Waals surface area (Å²) in [5, 5.41) is 3.17. The molecule has 0 atom stereocenters. The molecule has 0 bridgehead atoms. The molecule has 7 heteroatoms. The lowest BCUT2D eigenvalue weighted by Crippen LogP contribution is -2.43. The standard InChI is InChI=1S/C24H36N6O/c1-8-19(9-2)30-21-20(24(5,6)22(30)31)16-25-23(27-21)26-17(3)10-11-18(4)29-14-12-28(7)13-15-29/h10-11,16,19H,3-4,8-9,12-15H2,1-2,5-7H3,(H,25,26,27)/b11-10-. The minimum Gasteiger partial charge on any atom is -0.369 e. The molecule has 3 heterocycles. The SMILES string of the molecule is C=C(/C=C\C(=C)N1CCN(C)CC1)Nc1ncc2c(n1)N(C(CC)CC)C(=O)C2(C)C. The largest absolute Gasteiger partial charge is 0.369 e. The first-order chi connectivity index (χ1) is 14.7. The first-order valence-corrected chi connectivity index (χ1v) is 11.2. The molecule has 1 saturated heterocycles. The highest BCUT2D eigenvalue weighted by molar-refractivity contribution is 6.07. The predicted octanol–water partition coefficient (Wildman–Crippen LogP) is 3.53. The van der Waals surface area contributed by atoms with Crippen molar-refractivity contribution in [3.63, 3.8) is 0 Å². The molecule has 1 aromatic rings. The topological polar surface area (TPSA) is 64.6 Å². The highest BCUT2D eigenvalue weighted by Crippen LogP contribution is 2.42. The van der Waals surface area contributed by atoms with E-state index in [4.69, 9.17) is 4.98 Å². The van der Waals surface area contributed by atoms with Crippen LogP contribution in [0.15, 0.2) is 42.9 Å². The number of amides is 1. The number of nitrogens with zero attached hydrogens (tertiary/aromatic N) is 5. The van der Waals surface area contributed by atoms with Gasteiger partial charge in [0.05, 0.1) is 5.41 Å². The van der Waals surface area contributed by atoms with Crippen molar-refractivity contribution in [2.24, 2.45) is 0 Å². The summed E-state index contributed by atoms with van der Waals surface area (Å²) in [5.41, 5.74) is 1.90. The molecule has 3 rings (SSSR count). The molecule has 168 valence electrons. The molecule has 1 amide bonds. The zero-order chi connectivity index (χ0) is 22.8. The van der Waals surface area contributed by atoms with E-state index in [2.05, 4.69) is 54.2 Å². The van der Waals surface area contributed by atoms with Crippen LogP contribution in [0.2, 0.25) is 0 Å². The van der Waals surface area contributed by atoms with Crippen molar-refractivity contribution in [3.05, 3.63) is 48.5 Å². The highest BCUT2D eigenvalue weighted by atomic mass is 16.2. The average Bonchev–Trinajstić information content (AvgIpc) is 2.94. The van der Waals surface area contributed by atoms with Gasteiger partial charge in [0.25, 0.3) is 0 Å². The minimum atomic E-state index is -0.617. The second kappa shape index (κ2) is 9.22. The van der Waals surface area contributed by atoms with Crippen LogP contribution in [0.1, 0.15) is 46.1 Å². The van der Waals surface area contributed by atoms with Gasteiger partial charge < -0.3 is 15.1 Å². The van der Waals surface area contributed by atoms with Crippen LogP contribution >= 0.6 is 0 Å². The number of fused-ring (bicyclic) bond motifs is 1. The second-order valence-corrected chi connectivity index (χ2v) is 8.97. The second-order valence-electron chi connectivity index (χ2n) is 8.97. The summed E-state index contributed by atoms with van der Waals surface area (Å²) in [5.74, 6) is 1.24. The fraction of sp³-hybridized carbons (Fsp3) is 0.542. The maximum Gasteiger partial charge on any atom is 0.238 e. The quantitative estimate of drug-likeness (QED) is 0.644. The van der Waals surface area contributed by atoms with Gasteiger partial charge in [-0.25, -0.2) is 4.98 Å². The fourth-order valence-corrected chi connectivity index (χ4v) is 4.14. The monoisotopic (exact) mass is 424 g/mol. The van der Waals surface area contributed by atoms with Gasteiger partial charge in [0.15, 0.2) is 0 Å². The van der Waals surface area contributed by atoms with Crippen LogP contribution in [-0.4, -0.2) is 64.9 Å². The predicted molar refractivity (Wildman–Crippen MR) is 127 cm³/mol. The lowest BCUT2D eigenvalue weighted by molar-refractivity contribution is -0.122. The number of nitrogens with one attached hydrogen (secondary N) is 1. The van der Waals surface area contributed by atoms with E-state index in [0.717, 1.165) is 50.3 Å².